The van der Waals surface area contributed by atoms with Crippen LogP contribution in [0.3, 0.4) is 0 Å². The van der Waals surface area contributed by atoms with Gasteiger partial charge in [0.2, 0.25) is 0 Å². The van der Waals surface area contributed by atoms with E-state index in [1.54, 1.807) is 12.1 Å². The number of aromatic nitrogens is 1. The van der Waals surface area contributed by atoms with Crippen LogP contribution in [0.5, 0.6) is 0 Å². The molecule has 13 heavy (non-hydrogen) atoms. The summed E-state index contributed by atoms with van der Waals surface area (Å²) in [6.07, 6.45) is 0. The van der Waals surface area contributed by atoms with E-state index in [2.05, 4.69) is 4.98 Å². The SMILES string of the molecule is Fc1cc(Cl)c2ccc(Cl)nc2c1. The molecular formula is C9H4Cl2FN. The third kappa shape index (κ3) is 1.60. The fourth-order valence-corrected chi connectivity index (χ4v) is 1.55. The fraction of sp³-hybridized carbons (Fsp3) is 0. The normalized spacial score (nSPS) is 10.7. The summed E-state index contributed by atoms with van der Waals surface area (Å²) in [5, 5.41) is 1.38. The van der Waals surface area contributed by atoms with Crippen LogP contribution >= 0.6 is 23.2 Å². The van der Waals surface area contributed by atoms with Gasteiger partial charge in [0, 0.05) is 11.5 Å². The van der Waals surface area contributed by atoms with E-state index in [4.69, 9.17) is 23.2 Å². The van der Waals surface area contributed by atoms with Gasteiger partial charge in [-0.15, -0.1) is 0 Å². The lowest BCUT2D eigenvalue weighted by Crippen LogP contribution is -1.82. The Morgan fingerprint density at radius 3 is 2.69 bits per heavy atom. The summed E-state index contributed by atoms with van der Waals surface area (Å²) in [6.45, 7) is 0. The number of nitrogens with zero attached hydrogens (tertiary/aromatic N) is 1. The molecule has 0 fully saturated rings. The first-order valence-electron chi connectivity index (χ1n) is 3.58. The van der Waals surface area contributed by atoms with Gasteiger partial charge in [-0.05, 0) is 18.2 Å². The van der Waals surface area contributed by atoms with Crippen molar-refractivity contribution in [2.45, 2.75) is 0 Å². The van der Waals surface area contributed by atoms with Crippen LogP contribution in [0.15, 0.2) is 24.3 Å². The molecular weight excluding hydrogens is 212 g/mol. The van der Waals surface area contributed by atoms with E-state index >= 15 is 0 Å². The van der Waals surface area contributed by atoms with Crippen molar-refractivity contribution < 1.29 is 4.39 Å². The summed E-state index contributed by atoms with van der Waals surface area (Å²) < 4.78 is 12.9. The molecule has 2 rings (SSSR count). The third-order valence-corrected chi connectivity index (χ3v) is 2.21. The van der Waals surface area contributed by atoms with Crippen LogP contribution in [-0.4, -0.2) is 4.98 Å². The largest absolute Gasteiger partial charge is 0.236 e. The Bertz CT molecular complexity index is 465. The zero-order valence-electron chi connectivity index (χ0n) is 6.39. The molecule has 0 aliphatic heterocycles. The van der Waals surface area contributed by atoms with Gasteiger partial charge in [-0.25, -0.2) is 9.37 Å². The zero-order chi connectivity index (χ0) is 9.42. The molecule has 0 spiro atoms. The standard InChI is InChI=1S/C9H4Cl2FN/c10-7-3-5(12)4-8-6(7)1-2-9(11)13-8/h1-4H. The van der Waals surface area contributed by atoms with E-state index < -0.39 is 5.82 Å². The molecule has 0 bridgehead atoms. The Kier molecular flexibility index (Phi) is 2.10. The van der Waals surface area contributed by atoms with Crippen LogP contribution in [0.2, 0.25) is 10.2 Å². The highest BCUT2D eigenvalue weighted by atomic mass is 35.5. The number of halogens is 3. The van der Waals surface area contributed by atoms with Gasteiger partial charge in [-0.3, -0.25) is 0 Å². The van der Waals surface area contributed by atoms with E-state index in [0.29, 0.717) is 21.1 Å². The second-order valence-electron chi connectivity index (χ2n) is 2.59. The molecule has 0 radical (unpaired) electrons. The van der Waals surface area contributed by atoms with Crippen molar-refractivity contribution in [2.75, 3.05) is 0 Å². The highest BCUT2D eigenvalue weighted by molar-refractivity contribution is 6.35. The average Bonchev–Trinajstić information content (AvgIpc) is 2.02. The molecule has 0 saturated carbocycles. The van der Waals surface area contributed by atoms with Gasteiger partial charge in [0.25, 0.3) is 0 Å². The van der Waals surface area contributed by atoms with Gasteiger partial charge in [-0.2, -0.15) is 0 Å². The molecule has 1 nitrogen and oxygen atoms in total. The van der Waals surface area contributed by atoms with Crippen molar-refractivity contribution in [2.24, 2.45) is 0 Å². The van der Waals surface area contributed by atoms with Crippen molar-refractivity contribution in [1.82, 2.24) is 4.98 Å². The Labute approximate surface area is 84.1 Å². The summed E-state index contributed by atoms with van der Waals surface area (Å²) >= 11 is 11.4. The minimum absolute atomic E-state index is 0.328. The number of hydrogen-bond donors (Lipinski definition) is 0. The molecule has 0 amide bonds. The van der Waals surface area contributed by atoms with E-state index in [1.165, 1.54) is 12.1 Å². The molecule has 0 unspecified atom stereocenters. The maximum Gasteiger partial charge on any atom is 0.129 e. The van der Waals surface area contributed by atoms with Crippen molar-refractivity contribution in [3.05, 3.63) is 40.3 Å². The lowest BCUT2D eigenvalue weighted by Gasteiger charge is -1.99. The van der Waals surface area contributed by atoms with E-state index in [0.717, 1.165) is 0 Å². The Hall–Kier alpha value is -0.860. The Morgan fingerprint density at radius 2 is 1.92 bits per heavy atom. The number of benzene rings is 1. The highest BCUT2D eigenvalue weighted by Gasteiger charge is 2.03. The minimum atomic E-state index is -0.410. The summed E-state index contributed by atoms with van der Waals surface area (Å²) in [5.74, 6) is -0.410. The van der Waals surface area contributed by atoms with Gasteiger partial charge < -0.3 is 0 Å². The van der Waals surface area contributed by atoms with Crippen LogP contribution in [0.4, 0.5) is 4.39 Å². The highest BCUT2D eigenvalue weighted by Crippen LogP contribution is 2.24. The monoisotopic (exact) mass is 215 g/mol. The lowest BCUT2D eigenvalue weighted by atomic mass is 10.2. The molecule has 4 heteroatoms. The minimum Gasteiger partial charge on any atom is -0.236 e. The summed E-state index contributed by atoms with van der Waals surface area (Å²) in [4.78, 5) is 3.94. The Morgan fingerprint density at radius 1 is 1.15 bits per heavy atom. The molecule has 0 N–H and O–H groups in total. The summed E-state index contributed by atoms with van der Waals surface area (Å²) in [5.41, 5.74) is 0.470. The van der Waals surface area contributed by atoms with Gasteiger partial charge >= 0.3 is 0 Å². The molecule has 0 saturated heterocycles. The quantitative estimate of drug-likeness (QED) is 0.612. The van der Waals surface area contributed by atoms with Gasteiger partial charge in [0.05, 0.1) is 10.5 Å². The lowest BCUT2D eigenvalue weighted by molar-refractivity contribution is 0.629. The van der Waals surface area contributed by atoms with E-state index in [-0.39, 0.29) is 0 Å². The summed E-state index contributed by atoms with van der Waals surface area (Å²) in [7, 11) is 0. The Balaban J connectivity index is 2.86. The molecule has 66 valence electrons. The van der Waals surface area contributed by atoms with Gasteiger partial charge in [0.15, 0.2) is 0 Å². The second-order valence-corrected chi connectivity index (χ2v) is 3.38. The van der Waals surface area contributed by atoms with Crippen molar-refractivity contribution in [3.8, 4) is 0 Å². The number of fused-ring (bicyclic) bond motifs is 1. The van der Waals surface area contributed by atoms with Crippen LogP contribution in [0.1, 0.15) is 0 Å². The van der Waals surface area contributed by atoms with Crippen molar-refractivity contribution >= 4 is 34.1 Å². The van der Waals surface area contributed by atoms with Crippen molar-refractivity contribution in [3.63, 3.8) is 0 Å². The number of pyridine rings is 1. The van der Waals surface area contributed by atoms with Crippen LogP contribution in [0.25, 0.3) is 10.9 Å². The predicted octanol–water partition coefficient (Wildman–Crippen LogP) is 3.68. The molecule has 2 aromatic rings. The van der Waals surface area contributed by atoms with E-state index in [9.17, 15) is 4.39 Å². The molecule has 0 atom stereocenters. The molecule has 0 aliphatic carbocycles. The van der Waals surface area contributed by atoms with Crippen LogP contribution in [0, 0.1) is 5.82 Å². The van der Waals surface area contributed by atoms with Crippen molar-refractivity contribution in [1.29, 1.82) is 0 Å². The first-order valence-corrected chi connectivity index (χ1v) is 4.34. The predicted molar refractivity (Wildman–Crippen MR) is 51.7 cm³/mol. The second kappa shape index (κ2) is 3.13. The van der Waals surface area contributed by atoms with E-state index in [1.807, 2.05) is 0 Å². The third-order valence-electron chi connectivity index (χ3n) is 1.69. The van der Waals surface area contributed by atoms with Crippen LogP contribution < -0.4 is 0 Å². The first kappa shape index (κ1) is 8.73. The maximum atomic E-state index is 12.9. The molecule has 0 aliphatic rings. The fourth-order valence-electron chi connectivity index (χ4n) is 1.13. The molecule has 1 aromatic heterocycles. The number of hydrogen-bond acceptors (Lipinski definition) is 1. The first-order chi connectivity index (χ1) is 6.16. The number of rotatable bonds is 0. The maximum absolute atomic E-state index is 12.9. The van der Waals surface area contributed by atoms with Gasteiger partial charge in [0.1, 0.15) is 11.0 Å². The smallest absolute Gasteiger partial charge is 0.129 e. The van der Waals surface area contributed by atoms with Crippen LogP contribution in [-0.2, 0) is 0 Å². The molecule has 1 aromatic carbocycles. The average molecular weight is 216 g/mol. The van der Waals surface area contributed by atoms with Gasteiger partial charge in [-0.1, -0.05) is 23.2 Å². The zero-order valence-corrected chi connectivity index (χ0v) is 7.90. The topological polar surface area (TPSA) is 12.9 Å². The summed E-state index contributed by atoms with van der Waals surface area (Å²) in [6, 6.07) is 5.88. The molecule has 1 heterocycles.